The molecule has 2 heteroatoms. The van der Waals surface area contributed by atoms with Crippen LogP contribution in [0.3, 0.4) is 0 Å². The predicted molar refractivity (Wildman–Crippen MR) is 167 cm³/mol. The van der Waals surface area contributed by atoms with Gasteiger partial charge in [0.15, 0.2) is 0 Å². The minimum absolute atomic E-state index is 0.628. The summed E-state index contributed by atoms with van der Waals surface area (Å²) in [4.78, 5) is 0. The van der Waals surface area contributed by atoms with Crippen LogP contribution in [0, 0.1) is 22.9 Å². The Hall–Kier alpha value is -0.926. The van der Waals surface area contributed by atoms with E-state index in [1.165, 1.54) is 31.3 Å². The molecule has 0 amide bonds. The third-order valence-corrected chi connectivity index (χ3v) is 21.1. The normalized spacial score (nSPS) is 12.2. The molecule has 0 aliphatic heterocycles. The molecule has 0 unspecified atom stereocenters. The van der Waals surface area contributed by atoms with Crippen molar-refractivity contribution in [3.8, 4) is 22.9 Å². The molecule has 0 aromatic heterocycles. The van der Waals surface area contributed by atoms with Crippen molar-refractivity contribution in [2.24, 2.45) is 0 Å². The zero-order valence-corrected chi connectivity index (χ0v) is 28.2. The van der Waals surface area contributed by atoms with Gasteiger partial charge in [0.05, 0.1) is 0 Å². The van der Waals surface area contributed by atoms with Crippen molar-refractivity contribution in [2.45, 2.75) is 169 Å². The van der Waals surface area contributed by atoms with E-state index in [1.807, 2.05) is 0 Å². The highest BCUT2D eigenvalue weighted by molar-refractivity contribution is 6.91. The lowest BCUT2D eigenvalue weighted by Crippen LogP contribution is -2.43. The molecule has 0 heterocycles. The number of rotatable bonds is 12. The number of allylic oxidation sites excluding steroid dienone is 1. The highest BCUT2D eigenvalue weighted by Gasteiger charge is 2.42. The Morgan fingerprint density at radius 1 is 0.514 bits per heavy atom. The Kier molecular flexibility index (Phi) is 15.6. The van der Waals surface area contributed by atoms with E-state index in [4.69, 9.17) is 0 Å². The first-order valence-corrected chi connectivity index (χ1v) is 19.2. The van der Waals surface area contributed by atoms with Gasteiger partial charge in [-0.1, -0.05) is 127 Å². The molecule has 0 aliphatic rings. The van der Waals surface area contributed by atoms with Gasteiger partial charge in [0.2, 0.25) is 0 Å². The van der Waals surface area contributed by atoms with Gasteiger partial charge in [-0.2, -0.15) is 0 Å². The molecule has 0 N–H and O–H groups in total. The van der Waals surface area contributed by atoms with Crippen molar-refractivity contribution < 1.29 is 0 Å². The van der Waals surface area contributed by atoms with E-state index in [-0.39, 0.29) is 0 Å². The molecular formula is C33H60Si2. The molecule has 0 spiro atoms. The number of hydrogen-bond acceptors (Lipinski definition) is 0. The highest BCUT2D eigenvalue weighted by Crippen LogP contribution is 2.42. The van der Waals surface area contributed by atoms with Crippen molar-refractivity contribution in [1.82, 2.24) is 0 Å². The van der Waals surface area contributed by atoms with Gasteiger partial charge in [0, 0.05) is 0 Å². The molecule has 0 nitrogen and oxygen atoms in total. The van der Waals surface area contributed by atoms with Crippen molar-refractivity contribution in [1.29, 1.82) is 0 Å². The Morgan fingerprint density at radius 3 is 1.03 bits per heavy atom. The molecule has 0 saturated carbocycles. The lowest BCUT2D eigenvalue weighted by Gasteiger charge is -2.38. The summed E-state index contributed by atoms with van der Waals surface area (Å²) >= 11 is 0. The zero-order chi connectivity index (χ0) is 27.4. The quantitative estimate of drug-likeness (QED) is 0.138. The average Bonchev–Trinajstić information content (AvgIpc) is 2.74. The summed E-state index contributed by atoms with van der Waals surface area (Å²) in [6, 6.07) is 0. The third kappa shape index (κ3) is 9.15. The van der Waals surface area contributed by atoms with Gasteiger partial charge in [-0.25, -0.2) is 0 Å². The van der Waals surface area contributed by atoms with Gasteiger partial charge in [-0.05, 0) is 64.5 Å². The summed E-state index contributed by atoms with van der Waals surface area (Å²) in [6.45, 7) is 33.3. The Balaban J connectivity index is 7.26. The fraction of sp³-hybridized carbons (Fsp3) is 0.788. The van der Waals surface area contributed by atoms with Crippen LogP contribution in [0.15, 0.2) is 16.9 Å². The fourth-order valence-electron chi connectivity index (χ4n) is 6.51. The van der Waals surface area contributed by atoms with Crippen LogP contribution in [0.4, 0.5) is 0 Å². The van der Waals surface area contributed by atoms with Crippen LogP contribution in [0.2, 0.25) is 33.2 Å². The van der Waals surface area contributed by atoms with Gasteiger partial charge in [-0.3, -0.25) is 0 Å². The molecule has 0 aromatic carbocycles. The van der Waals surface area contributed by atoms with E-state index in [0.717, 1.165) is 18.4 Å². The first kappa shape index (κ1) is 34.1. The molecular weight excluding hydrogens is 453 g/mol. The first-order valence-electron chi connectivity index (χ1n) is 14.8. The first-order chi connectivity index (χ1) is 16.2. The van der Waals surface area contributed by atoms with Crippen molar-refractivity contribution >= 4 is 16.1 Å². The highest BCUT2D eigenvalue weighted by atomic mass is 28.3. The fourth-order valence-corrected chi connectivity index (χ4v) is 16.9. The Morgan fingerprint density at radius 2 is 0.800 bits per heavy atom. The molecule has 0 atom stereocenters. The molecule has 0 saturated heterocycles. The second kappa shape index (κ2) is 16.0. The molecule has 0 aliphatic carbocycles. The summed E-state index contributed by atoms with van der Waals surface area (Å²) in [5, 5.41) is 0. The van der Waals surface area contributed by atoms with Crippen molar-refractivity contribution in [3.05, 3.63) is 16.9 Å². The van der Waals surface area contributed by atoms with Gasteiger partial charge >= 0.3 is 0 Å². The summed E-state index contributed by atoms with van der Waals surface area (Å²) in [5.41, 5.74) is 17.9. The van der Waals surface area contributed by atoms with Crippen molar-refractivity contribution in [3.63, 3.8) is 0 Å². The second-order valence-corrected chi connectivity index (χ2v) is 23.8. The maximum atomic E-state index is 3.96. The molecule has 0 rings (SSSR count). The lowest BCUT2D eigenvalue weighted by atomic mass is 10.0. The minimum atomic E-state index is -1.82. The lowest BCUT2D eigenvalue weighted by molar-refractivity contribution is 0.714. The number of hydrogen-bond donors (Lipinski definition) is 0. The molecule has 200 valence electrons. The van der Waals surface area contributed by atoms with Crippen LogP contribution in [0.5, 0.6) is 0 Å². The minimum Gasteiger partial charge on any atom is -0.124 e. The monoisotopic (exact) mass is 512 g/mol. The summed E-state index contributed by atoms with van der Waals surface area (Å²) in [6.07, 6.45) is 7.16. The largest absolute Gasteiger partial charge is 0.146 e. The van der Waals surface area contributed by atoms with E-state index in [9.17, 15) is 0 Å². The van der Waals surface area contributed by atoms with Crippen molar-refractivity contribution in [2.75, 3.05) is 0 Å². The van der Waals surface area contributed by atoms with Crippen LogP contribution in [0.1, 0.15) is 135 Å². The van der Waals surface area contributed by atoms with E-state index in [1.54, 1.807) is 0 Å². The smallest absolute Gasteiger partial charge is 0.124 e. The van der Waals surface area contributed by atoms with Gasteiger partial charge in [0.25, 0.3) is 0 Å². The van der Waals surface area contributed by atoms with E-state index in [0.29, 0.717) is 33.2 Å². The molecule has 0 bridgehead atoms. The van der Waals surface area contributed by atoms with Gasteiger partial charge in [0.1, 0.15) is 21.7 Å². The standard InChI is InChI=1S/C33H60Si2/c1-15-17-19-32(20-18-16-2)25-33(21-23-34(26(3)4,27(5)6)28(7)8)22-24-35(29(9)10,30(11)12)31(13)14/h26-31H,15-20H2,1-14H3. The maximum Gasteiger partial charge on any atom is 0.146 e. The number of unbranched alkanes of at least 4 members (excludes halogenated alkanes) is 2. The van der Waals surface area contributed by atoms with Crippen LogP contribution in [-0.4, -0.2) is 16.1 Å². The van der Waals surface area contributed by atoms with Crippen LogP contribution >= 0.6 is 0 Å². The Labute approximate surface area is 224 Å². The molecule has 0 radical (unpaired) electrons. The van der Waals surface area contributed by atoms with E-state index >= 15 is 0 Å². The zero-order valence-electron chi connectivity index (χ0n) is 26.2. The average molecular weight is 513 g/mol. The summed E-state index contributed by atoms with van der Waals surface area (Å²) in [7, 11) is -3.64. The Bertz CT molecular complexity index is 703. The second-order valence-electron chi connectivity index (χ2n) is 12.6. The topological polar surface area (TPSA) is 0 Å². The predicted octanol–water partition coefficient (Wildman–Crippen LogP) is 11.3. The maximum absolute atomic E-state index is 3.96. The van der Waals surface area contributed by atoms with Crippen LogP contribution < -0.4 is 0 Å². The third-order valence-electron chi connectivity index (χ3n) is 8.51. The van der Waals surface area contributed by atoms with Gasteiger partial charge in [-0.15, -0.1) is 11.1 Å². The van der Waals surface area contributed by atoms with Gasteiger partial charge < -0.3 is 0 Å². The molecule has 0 fully saturated rings. The molecule has 0 aromatic rings. The SMILES string of the molecule is CCCCC(=C=C(C#C[Si](C(C)C)(C(C)C)C(C)C)C#C[Si](C(C)C)(C(C)C)C(C)C)CCCC. The summed E-state index contributed by atoms with van der Waals surface area (Å²) < 4.78 is 0. The van der Waals surface area contributed by atoms with Crippen LogP contribution in [0.25, 0.3) is 0 Å². The van der Waals surface area contributed by atoms with E-state index in [2.05, 4.69) is 126 Å². The van der Waals surface area contributed by atoms with E-state index < -0.39 is 16.1 Å². The molecule has 35 heavy (non-hydrogen) atoms. The van der Waals surface area contributed by atoms with Crippen LogP contribution in [-0.2, 0) is 0 Å². The summed E-state index contributed by atoms with van der Waals surface area (Å²) in [5.74, 6) is 7.44.